The highest BCUT2D eigenvalue weighted by Crippen LogP contribution is 2.14. The smallest absolute Gasteiger partial charge is 0.236 e. The topological polar surface area (TPSA) is 49.6 Å². The van der Waals surface area contributed by atoms with E-state index in [1.165, 1.54) is 19.3 Å². The van der Waals surface area contributed by atoms with Crippen LogP contribution in [-0.4, -0.2) is 55.5 Å². The van der Waals surface area contributed by atoms with Crippen molar-refractivity contribution in [3.63, 3.8) is 0 Å². The molecule has 0 aromatic rings. The lowest BCUT2D eigenvalue weighted by Crippen LogP contribution is -2.44. The standard InChI is InChI=1S/C15H31N3O/c1-15(2,12-16)13-17(3)11-14(19)18-9-7-5-4-6-8-10-18/h4-13,16H2,1-3H3. The van der Waals surface area contributed by atoms with Crippen LogP contribution >= 0.6 is 0 Å². The second-order valence-electron chi connectivity index (χ2n) is 6.69. The fourth-order valence-corrected chi connectivity index (χ4v) is 2.68. The van der Waals surface area contributed by atoms with Crippen molar-refractivity contribution in [2.45, 2.75) is 46.0 Å². The summed E-state index contributed by atoms with van der Waals surface area (Å²) >= 11 is 0. The van der Waals surface area contributed by atoms with Gasteiger partial charge >= 0.3 is 0 Å². The first-order valence-electron chi connectivity index (χ1n) is 7.61. The molecule has 1 rings (SSSR count). The Morgan fingerprint density at radius 2 is 1.68 bits per heavy atom. The number of carbonyl (C=O) groups excluding carboxylic acids is 1. The lowest BCUT2D eigenvalue weighted by atomic mass is 9.93. The first-order chi connectivity index (χ1) is 8.94. The SMILES string of the molecule is CN(CC(=O)N1CCCCCCC1)CC(C)(C)CN. The van der Waals surface area contributed by atoms with Crippen molar-refractivity contribution in [3.8, 4) is 0 Å². The molecule has 0 bridgehead atoms. The van der Waals surface area contributed by atoms with Crippen molar-refractivity contribution < 1.29 is 4.79 Å². The predicted octanol–water partition coefficient (Wildman–Crippen LogP) is 1.70. The van der Waals surface area contributed by atoms with E-state index >= 15 is 0 Å². The minimum Gasteiger partial charge on any atom is -0.342 e. The van der Waals surface area contributed by atoms with Crippen molar-refractivity contribution >= 4 is 5.91 Å². The molecule has 2 N–H and O–H groups in total. The van der Waals surface area contributed by atoms with Crippen LogP contribution in [0.3, 0.4) is 0 Å². The molecule has 0 aliphatic carbocycles. The number of likely N-dealkylation sites (tertiary alicyclic amines) is 1. The summed E-state index contributed by atoms with van der Waals surface area (Å²) in [4.78, 5) is 16.5. The second-order valence-corrected chi connectivity index (χ2v) is 6.69. The molecule has 1 saturated heterocycles. The van der Waals surface area contributed by atoms with Crippen molar-refractivity contribution in [3.05, 3.63) is 0 Å². The number of likely N-dealkylation sites (N-methyl/N-ethyl adjacent to an activating group) is 1. The van der Waals surface area contributed by atoms with E-state index in [1.807, 2.05) is 11.9 Å². The van der Waals surface area contributed by atoms with E-state index in [9.17, 15) is 4.79 Å². The molecule has 4 nitrogen and oxygen atoms in total. The number of rotatable bonds is 5. The van der Waals surface area contributed by atoms with E-state index in [1.54, 1.807) is 0 Å². The van der Waals surface area contributed by atoms with Crippen LogP contribution in [0.15, 0.2) is 0 Å². The summed E-state index contributed by atoms with van der Waals surface area (Å²) in [5.74, 6) is 0.275. The third kappa shape index (κ3) is 6.39. The van der Waals surface area contributed by atoms with Gasteiger partial charge in [0.25, 0.3) is 0 Å². The van der Waals surface area contributed by atoms with Gasteiger partial charge in [0.05, 0.1) is 6.54 Å². The van der Waals surface area contributed by atoms with Crippen LogP contribution in [0.4, 0.5) is 0 Å². The summed E-state index contributed by atoms with van der Waals surface area (Å²) in [7, 11) is 2.01. The van der Waals surface area contributed by atoms with Gasteiger partial charge in [-0.25, -0.2) is 0 Å². The summed E-state index contributed by atoms with van der Waals surface area (Å²) in [6.45, 7) is 8.19. The van der Waals surface area contributed by atoms with Gasteiger partial charge in [0.15, 0.2) is 0 Å². The Hall–Kier alpha value is -0.610. The molecule has 0 aromatic carbocycles. The Balaban J connectivity index is 2.39. The average molecular weight is 269 g/mol. The van der Waals surface area contributed by atoms with Gasteiger partial charge < -0.3 is 10.6 Å². The van der Waals surface area contributed by atoms with Crippen molar-refractivity contribution in [1.82, 2.24) is 9.80 Å². The fourth-order valence-electron chi connectivity index (χ4n) is 2.68. The fraction of sp³-hybridized carbons (Fsp3) is 0.933. The summed E-state index contributed by atoms with van der Waals surface area (Å²) < 4.78 is 0. The van der Waals surface area contributed by atoms with E-state index in [4.69, 9.17) is 5.73 Å². The number of amides is 1. The number of nitrogens with two attached hydrogens (primary N) is 1. The number of hydrogen-bond acceptors (Lipinski definition) is 3. The minimum atomic E-state index is 0.0747. The monoisotopic (exact) mass is 269 g/mol. The summed E-state index contributed by atoms with van der Waals surface area (Å²) in [5, 5.41) is 0. The number of carbonyl (C=O) groups is 1. The third-order valence-electron chi connectivity index (χ3n) is 3.86. The Morgan fingerprint density at radius 1 is 1.16 bits per heavy atom. The lowest BCUT2D eigenvalue weighted by molar-refractivity contribution is -0.132. The molecular formula is C15H31N3O. The minimum absolute atomic E-state index is 0.0747. The Labute approximate surface area is 118 Å². The van der Waals surface area contributed by atoms with Crippen molar-refractivity contribution in [1.29, 1.82) is 0 Å². The van der Waals surface area contributed by atoms with Gasteiger partial charge in [-0.1, -0.05) is 33.1 Å². The zero-order valence-corrected chi connectivity index (χ0v) is 13.0. The zero-order chi connectivity index (χ0) is 14.3. The molecule has 19 heavy (non-hydrogen) atoms. The van der Waals surface area contributed by atoms with E-state index in [0.717, 1.165) is 32.5 Å². The molecule has 0 spiro atoms. The number of hydrogen-bond donors (Lipinski definition) is 1. The molecule has 1 fully saturated rings. The molecule has 0 saturated carbocycles. The third-order valence-corrected chi connectivity index (χ3v) is 3.86. The highest BCUT2D eigenvalue weighted by atomic mass is 16.2. The zero-order valence-electron chi connectivity index (χ0n) is 13.0. The molecule has 4 heteroatoms. The second kappa shape index (κ2) is 7.85. The van der Waals surface area contributed by atoms with Crippen LogP contribution in [0.5, 0.6) is 0 Å². The van der Waals surface area contributed by atoms with Crippen LogP contribution in [0.2, 0.25) is 0 Å². The normalized spacial score (nSPS) is 18.3. The van der Waals surface area contributed by atoms with Gasteiger partial charge in [0.1, 0.15) is 0 Å². The maximum Gasteiger partial charge on any atom is 0.236 e. The van der Waals surface area contributed by atoms with Crippen LogP contribution in [0, 0.1) is 5.41 Å². The average Bonchev–Trinajstić information content (AvgIpc) is 2.27. The van der Waals surface area contributed by atoms with Crippen LogP contribution in [-0.2, 0) is 4.79 Å². The molecule has 1 heterocycles. The summed E-state index contributed by atoms with van der Waals surface area (Å²) in [5.41, 5.74) is 5.82. The first kappa shape index (κ1) is 16.4. The summed E-state index contributed by atoms with van der Waals surface area (Å²) in [6.07, 6.45) is 6.17. The highest BCUT2D eigenvalue weighted by Gasteiger charge is 2.21. The van der Waals surface area contributed by atoms with Crippen LogP contribution in [0.25, 0.3) is 0 Å². The van der Waals surface area contributed by atoms with Gasteiger partial charge in [0, 0.05) is 19.6 Å². The van der Waals surface area contributed by atoms with Crippen molar-refractivity contribution in [2.24, 2.45) is 11.1 Å². The molecule has 1 aliphatic rings. The molecule has 0 radical (unpaired) electrons. The van der Waals surface area contributed by atoms with E-state index < -0.39 is 0 Å². The molecule has 0 unspecified atom stereocenters. The number of nitrogens with zero attached hydrogens (tertiary/aromatic N) is 2. The predicted molar refractivity (Wildman–Crippen MR) is 80.0 cm³/mol. The first-order valence-corrected chi connectivity index (χ1v) is 7.61. The largest absolute Gasteiger partial charge is 0.342 e. The molecule has 112 valence electrons. The van der Waals surface area contributed by atoms with E-state index in [-0.39, 0.29) is 11.3 Å². The van der Waals surface area contributed by atoms with Gasteiger partial charge in [-0.3, -0.25) is 9.69 Å². The van der Waals surface area contributed by atoms with E-state index in [0.29, 0.717) is 13.1 Å². The summed E-state index contributed by atoms with van der Waals surface area (Å²) in [6, 6.07) is 0. The van der Waals surface area contributed by atoms with Crippen LogP contribution in [0.1, 0.15) is 46.0 Å². The molecular weight excluding hydrogens is 238 g/mol. The lowest BCUT2D eigenvalue weighted by Gasteiger charge is -2.31. The molecule has 1 aliphatic heterocycles. The Kier molecular flexibility index (Phi) is 6.80. The van der Waals surface area contributed by atoms with Crippen LogP contribution < -0.4 is 5.73 Å². The highest BCUT2D eigenvalue weighted by molar-refractivity contribution is 5.78. The Morgan fingerprint density at radius 3 is 2.21 bits per heavy atom. The van der Waals surface area contributed by atoms with Gasteiger partial charge in [-0.15, -0.1) is 0 Å². The maximum absolute atomic E-state index is 12.3. The molecule has 0 atom stereocenters. The molecule has 0 aromatic heterocycles. The van der Waals surface area contributed by atoms with Crippen molar-refractivity contribution in [2.75, 3.05) is 39.8 Å². The van der Waals surface area contributed by atoms with Gasteiger partial charge in [-0.05, 0) is 31.8 Å². The van der Waals surface area contributed by atoms with Gasteiger partial charge in [0.2, 0.25) is 5.91 Å². The van der Waals surface area contributed by atoms with Gasteiger partial charge in [-0.2, -0.15) is 0 Å². The Bertz CT molecular complexity index is 271. The quantitative estimate of drug-likeness (QED) is 0.826. The van der Waals surface area contributed by atoms with E-state index in [2.05, 4.69) is 18.7 Å². The molecule has 1 amide bonds. The maximum atomic E-state index is 12.3.